The number of tetrazole rings is 1. The summed E-state index contributed by atoms with van der Waals surface area (Å²) < 4.78 is 7.59. The van der Waals surface area contributed by atoms with Gasteiger partial charge in [-0.2, -0.15) is 4.80 Å². The Morgan fingerprint density at radius 1 is 1.13 bits per heavy atom. The van der Waals surface area contributed by atoms with Crippen molar-refractivity contribution in [2.24, 2.45) is 13.0 Å². The number of hydrogen-bond acceptors (Lipinski definition) is 6. The number of benzene rings is 1. The van der Waals surface area contributed by atoms with Crippen LogP contribution in [0.5, 0.6) is 5.75 Å². The molecular weight excluding hydrogens is 384 g/mol. The molecule has 1 saturated heterocycles. The van der Waals surface area contributed by atoms with E-state index in [2.05, 4.69) is 15.4 Å². The van der Waals surface area contributed by atoms with E-state index in [4.69, 9.17) is 4.74 Å². The third-order valence-corrected chi connectivity index (χ3v) is 5.82. The Labute approximate surface area is 172 Å². The first kappa shape index (κ1) is 18.5. The summed E-state index contributed by atoms with van der Waals surface area (Å²) in [4.78, 5) is 28.2. The second-order valence-electron chi connectivity index (χ2n) is 7.91. The first-order valence-corrected chi connectivity index (χ1v) is 10.0. The molecule has 30 heavy (non-hydrogen) atoms. The van der Waals surface area contributed by atoms with E-state index >= 15 is 0 Å². The van der Waals surface area contributed by atoms with Gasteiger partial charge in [0.15, 0.2) is 6.61 Å². The smallest absolute Gasteiger partial charge is 0.260 e. The maximum absolute atomic E-state index is 12.8. The number of pyridine rings is 1. The molecule has 9 nitrogen and oxygen atoms in total. The second-order valence-corrected chi connectivity index (χ2v) is 7.91. The number of amides is 1. The van der Waals surface area contributed by atoms with Gasteiger partial charge >= 0.3 is 0 Å². The van der Waals surface area contributed by atoms with Crippen LogP contribution in [0.4, 0.5) is 0 Å². The number of rotatable bonds is 4. The van der Waals surface area contributed by atoms with Gasteiger partial charge in [0.2, 0.25) is 5.82 Å². The second kappa shape index (κ2) is 7.40. The molecule has 1 fully saturated rings. The number of piperidine rings is 1. The molecule has 0 spiro atoms. The molecule has 2 aromatic heterocycles. The molecule has 0 radical (unpaired) electrons. The van der Waals surface area contributed by atoms with E-state index in [1.165, 1.54) is 4.80 Å². The van der Waals surface area contributed by atoms with Crippen LogP contribution >= 0.6 is 0 Å². The van der Waals surface area contributed by atoms with E-state index in [9.17, 15) is 9.59 Å². The molecule has 3 aromatic rings. The summed E-state index contributed by atoms with van der Waals surface area (Å²) in [5.41, 5.74) is 1.91. The number of nitrogens with zero attached hydrogens (tertiary/aromatic N) is 6. The molecule has 1 amide bonds. The highest BCUT2D eigenvalue weighted by molar-refractivity contribution is 5.78. The van der Waals surface area contributed by atoms with Crippen LogP contribution in [0.1, 0.15) is 18.0 Å². The third kappa shape index (κ3) is 3.47. The molecule has 1 aromatic carbocycles. The normalized spacial score (nSPS) is 20.0. The van der Waals surface area contributed by atoms with E-state index in [0.29, 0.717) is 37.1 Å². The van der Waals surface area contributed by atoms with E-state index < -0.39 is 0 Å². The van der Waals surface area contributed by atoms with Crippen molar-refractivity contribution in [3.63, 3.8) is 0 Å². The predicted octanol–water partition coefficient (Wildman–Crippen LogP) is 1.06. The SMILES string of the molecule is Cn1nnc(-c2ccc(OCC(=O)N3C[C@H]4C[C@@H](C3)c3cccc(=O)n3C4)cc2)n1. The zero-order valence-corrected chi connectivity index (χ0v) is 16.6. The van der Waals surface area contributed by atoms with Gasteiger partial charge in [-0.15, -0.1) is 10.2 Å². The Hall–Kier alpha value is -3.49. The minimum atomic E-state index is -0.0314. The van der Waals surface area contributed by atoms with Crippen molar-refractivity contribution in [1.82, 2.24) is 29.7 Å². The fourth-order valence-corrected chi connectivity index (χ4v) is 4.44. The Balaban J connectivity index is 1.22. The van der Waals surface area contributed by atoms with Crippen molar-refractivity contribution in [3.05, 3.63) is 58.5 Å². The summed E-state index contributed by atoms with van der Waals surface area (Å²) in [7, 11) is 1.71. The molecular formula is C21H22N6O3. The van der Waals surface area contributed by atoms with Crippen molar-refractivity contribution in [3.8, 4) is 17.1 Å². The molecule has 0 aliphatic carbocycles. The molecule has 2 atom stereocenters. The van der Waals surface area contributed by atoms with Crippen molar-refractivity contribution in [2.75, 3.05) is 19.7 Å². The highest BCUT2D eigenvalue weighted by atomic mass is 16.5. The zero-order valence-electron chi connectivity index (χ0n) is 16.6. The van der Waals surface area contributed by atoms with Gasteiger partial charge in [-0.3, -0.25) is 9.59 Å². The van der Waals surface area contributed by atoms with Gasteiger partial charge < -0.3 is 14.2 Å². The van der Waals surface area contributed by atoms with E-state index in [0.717, 1.165) is 17.7 Å². The Morgan fingerprint density at radius 2 is 1.97 bits per heavy atom. The molecule has 2 aliphatic rings. The Bertz CT molecular complexity index is 1140. The summed E-state index contributed by atoms with van der Waals surface area (Å²) in [5, 5.41) is 12.0. The number of likely N-dealkylation sites (tertiary alicyclic amines) is 1. The number of carbonyl (C=O) groups excluding carboxylic acids is 1. The van der Waals surface area contributed by atoms with Crippen molar-refractivity contribution in [2.45, 2.75) is 18.9 Å². The van der Waals surface area contributed by atoms with Crippen LogP contribution in [0.2, 0.25) is 0 Å². The van der Waals surface area contributed by atoms with Crippen LogP contribution < -0.4 is 10.3 Å². The average Bonchev–Trinajstić information content (AvgIpc) is 3.19. The van der Waals surface area contributed by atoms with E-state index in [-0.39, 0.29) is 24.0 Å². The molecule has 0 saturated carbocycles. The van der Waals surface area contributed by atoms with Crippen LogP contribution in [0.15, 0.2) is 47.3 Å². The molecule has 0 unspecified atom stereocenters. The Kier molecular flexibility index (Phi) is 4.57. The lowest BCUT2D eigenvalue weighted by Gasteiger charge is -2.42. The number of ether oxygens (including phenoxy) is 1. The van der Waals surface area contributed by atoms with Gasteiger partial charge in [-0.1, -0.05) is 6.07 Å². The molecule has 2 bridgehead atoms. The van der Waals surface area contributed by atoms with Gasteiger partial charge in [0.05, 0.1) is 7.05 Å². The van der Waals surface area contributed by atoms with Gasteiger partial charge in [0, 0.05) is 42.9 Å². The number of aryl methyl sites for hydroxylation is 1. The summed E-state index contributed by atoms with van der Waals surface area (Å²) in [6.45, 7) is 1.95. The maximum Gasteiger partial charge on any atom is 0.260 e. The fraction of sp³-hybridized carbons (Fsp3) is 0.381. The number of hydrogen-bond donors (Lipinski definition) is 0. The summed E-state index contributed by atoms with van der Waals surface area (Å²) in [6, 6.07) is 12.7. The molecule has 4 heterocycles. The number of fused-ring (bicyclic) bond motifs is 4. The highest BCUT2D eigenvalue weighted by Crippen LogP contribution is 2.35. The highest BCUT2D eigenvalue weighted by Gasteiger charge is 2.36. The quantitative estimate of drug-likeness (QED) is 0.643. The van der Waals surface area contributed by atoms with Crippen LogP contribution in [-0.4, -0.2) is 55.3 Å². The minimum absolute atomic E-state index is 0.0101. The number of carbonyl (C=O) groups is 1. The first-order chi connectivity index (χ1) is 14.6. The fourth-order valence-electron chi connectivity index (χ4n) is 4.44. The van der Waals surface area contributed by atoms with Crippen LogP contribution in [0.25, 0.3) is 11.4 Å². The van der Waals surface area contributed by atoms with E-state index in [1.807, 2.05) is 27.7 Å². The zero-order chi connectivity index (χ0) is 20.7. The molecule has 9 heteroatoms. The molecule has 154 valence electrons. The maximum atomic E-state index is 12.8. The lowest BCUT2D eigenvalue weighted by molar-refractivity contribution is -0.136. The lowest BCUT2D eigenvalue weighted by Crippen LogP contribution is -2.50. The largest absolute Gasteiger partial charge is 0.484 e. The average molecular weight is 406 g/mol. The van der Waals surface area contributed by atoms with Crippen molar-refractivity contribution < 1.29 is 9.53 Å². The first-order valence-electron chi connectivity index (χ1n) is 10.0. The van der Waals surface area contributed by atoms with Crippen LogP contribution in [0, 0.1) is 5.92 Å². The van der Waals surface area contributed by atoms with Crippen molar-refractivity contribution in [1.29, 1.82) is 0 Å². The standard InChI is InChI=1S/C21H22N6O3/c1-25-23-21(22-24-25)15-5-7-17(8-6-15)30-13-20(29)26-10-14-9-16(12-26)18-3-2-4-19(28)27(18)11-14/h2-8,14,16H,9-13H2,1H3/t14-,16+/m1/s1. The molecule has 5 rings (SSSR count). The van der Waals surface area contributed by atoms with Gasteiger partial charge in [0.1, 0.15) is 5.75 Å². The van der Waals surface area contributed by atoms with Crippen molar-refractivity contribution >= 4 is 5.91 Å². The van der Waals surface area contributed by atoms with Gasteiger partial charge in [-0.05, 0) is 47.9 Å². The molecule has 0 N–H and O–H groups in total. The van der Waals surface area contributed by atoms with Crippen LogP contribution in [0.3, 0.4) is 0 Å². The van der Waals surface area contributed by atoms with Gasteiger partial charge in [0.25, 0.3) is 11.5 Å². The summed E-state index contributed by atoms with van der Waals surface area (Å²) in [6.07, 6.45) is 1.02. The predicted molar refractivity (Wildman–Crippen MR) is 108 cm³/mol. The topological polar surface area (TPSA) is 95.1 Å². The monoisotopic (exact) mass is 406 g/mol. The lowest BCUT2D eigenvalue weighted by atomic mass is 9.83. The number of aromatic nitrogens is 5. The van der Waals surface area contributed by atoms with Gasteiger partial charge in [-0.25, -0.2) is 0 Å². The molecule has 2 aliphatic heterocycles. The summed E-state index contributed by atoms with van der Waals surface area (Å²) >= 11 is 0. The van der Waals surface area contributed by atoms with E-state index in [1.54, 1.807) is 31.3 Å². The Morgan fingerprint density at radius 3 is 2.73 bits per heavy atom. The minimum Gasteiger partial charge on any atom is -0.484 e. The summed E-state index contributed by atoms with van der Waals surface area (Å²) in [5.74, 6) is 1.63. The van der Waals surface area contributed by atoms with Crippen LogP contribution in [-0.2, 0) is 18.4 Å². The third-order valence-electron chi connectivity index (χ3n) is 5.82.